The number of carbonyl (C=O) groups is 1. The van der Waals surface area contributed by atoms with E-state index in [4.69, 9.17) is 25.8 Å². The molecule has 3 rings (SSSR count). The molecule has 2 heterocycles. The molecule has 6 nitrogen and oxygen atoms in total. The van der Waals surface area contributed by atoms with Gasteiger partial charge < -0.3 is 19.1 Å². The van der Waals surface area contributed by atoms with Crippen molar-refractivity contribution < 1.29 is 19.0 Å². The summed E-state index contributed by atoms with van der Waals surface area (Å²) in [6, 6.07) is 1.94. The van der Waals surface area contributed by atoms with Crippen molar-refractivity contribution in [2.24, 2.45) is 0 Å². The van der Waals surface area contributed by atoms with E-state index in [1.807, 2.05) is 26.8 Å². The van der Waals surface area contributed by atoms with Crippen LogP contribution in [0.2, 0.25) is 5.02 Å². The van der Waals surface area contributed by atoms with Crippen LogP contribution in [-0.4, -0.2) is 60.9 Å². The molecular formula is C18H24BrClN2O4. The summed E-state index contributed by atoms with van der Waals surface area (Å²) < 4.78 is 17.8. The molecule has 1 aromatic rings. The second-order valence-electron chi connectivity index (χ2n) is 7.54. The maximum atomic E-state index is 12.4. The Kier molecular flexibility index (Phi) is 5.61. The van der Waals surface area contributed by atoms with Crippen LogP contribution in [-0.2, 0) is 11.3 Å². The molecular weight excluding hydrogens is 424 g/mol. The van der Waals surface area contributed by atoms with Gasteiger partial charge in [-0.1, -0.05) is 11.6 Å². The standard InChI is InChI=1S/C18H24BrClN2O4/c1-18(2,3)26-17(23)22-6-5-21-9-12-14(24-4)7-13(19)15(20)16(12)25-10-11(21)8-22/h7,11H,5-6,8-10H2,1-4H3/t11-/m1/s1. The molecule has 0 bridgehead atoms. The third-order valence-electron chi connectivity index (χ3n) is 4.50. The molecule has 1 atom stereocenters. The first-order chi connectivity index (χ1) is 12.2. The molecule has 0 spiro atoms. The fourth-order valence-corrected chi connectivity index (χ4v) is 3.85. The Labute approximate surface area is 167 Å². The monoisotopic (exact) mass is 446 g/mol. The third-order valence-corrected chi connectivity index (χ3v) is 5.72. The number of hydrogen-bond donors (Lipinski definition) is 0. The van der Waals surface area contributed by atoms with E-state index in [0.717, 1.165) is 22.3 Å². The molecule has 0 N–H and O–H groups in total. The number of rotatable bonds is 1. The van der Waals surface area contributed by atoms with Gasteiger partial charge in [0.2, 0.25) is 0 Å². The number of amides is 1. The van der Waals surface area contributed by atoms with Gasteiger partial charge >= 0.3 is 6.09 Å². The first-order valence-electron chi connectivity index (χ1n) is 8.59. The smallest absolute Gasteiger partial charge is 0.410 e. The van der Waals surface area contributed by atoms with E-state index in [1.54, 1.807) is 12.0 Å². The predicted molar refractivity (Wildman–Crippen MR) is 103 cm³/mol. The van der Waals surface area contributed by atoms with E-state index in [9.17, 15) is 4.79 Å². The summed E-state index contributed by atoms with van der Waals surface area (Å²) in [6.45, 7) is 8.65. The number of ether oxygens (including phenoxy) is 3. The molecule has 144 valence electrons. The van der Waals surface area contributed by atoms with E-state index in [1.165, 1.54) is 0 Å². The molecule has 8 heteroatoms. The van der Waals surface area contributed by atoms with Gasteiger partial charge in [-0.25, -0.2) is 4.79 Å². The Bertz CT molecular complexity index is 707. The molecule has 1 saturated heterocycles. The highest BCUT2D eigenvalue weighted by Gasteiger charge is 2.36. The number of hydrogen-bond acceptors (Lipinski definition) is 5. The van der Waals surface area contributed by atoms with Crippen molar-refractivity contribution in [3.05, 3.63) is 21.1 Å². The summed E-state index contributed by atoms with van der Waals surface area (Å²) in [5.41, 5.74) is 0.436. The highest BCUT2D eigenvalue weighted by atomic mass is 79.9. The first-order valence-corrected chi connectivity index (χ1v) is 9.76. The SMILES string of the molecule is COc1cc(Br)c(Cl)c2c1CN1CCN(C(=O)OC(C)(C)C)C[C@@H]1CO2. The Morgan fingerprint density at radius 3 is 2.77 bits per heavy atom. The number of benzene rings is 1. The van der Waals surface area contributed by atoms with Gasteiger partial charge in [0.25, 0.3) is 0 Å². The fourth-order valence-electron chi connectivity index (χ4n) is 3.23. The number of nitrogens with zero attached hydrogens (tertiary/aromatic N) is 2. The van der Waals surface area contributed by atoms with E-state index < -0.39 is 5.60 Å². The number of fused-ring (bicyclic) bond motifs is 2. The summed E-state index contributed by atoms with van der Waals surface area (Å²) in [4.78, 5) is 16.4. The zero-order chi connectivity index (χ0) is 19.1. The summed E-state index contributed by atoms with van der Waals surface area (Å²) in [6.07, 6.45) is -0.280. The zero-order valence-corrected chi connectivity index (χ0v) is 17.8. The third kappa shape index (κ3) is 4.05. The van der Waals surface area contributed by atoms with E-state index >= 15 is 0 Å². The predicted octanol–water partition coefficient (Wildman–Crippen LogP) is 3.92. The minimum atomic E-state index is -0.502. The Morgan fingerprint density at radius 2 is 2.12 bits per heavy atom. The fraction of sp³-hybridized carbons (Fsp3) is 0.611. The quantitative estimate of drug-likeness (QED) is 0.653. The van der Waals surface area contributed by atoms with Crippen LogP contribution < -0.4 is 9.47 Å². The van der Waals surface area contributed by atoms with Crippen molar-refractivity contribution in [3.63, 3.8) is 0 Å². The lowest BCUT2D eigenvalue weighted by Crippen LogP contribution is -2.56. The Balaban J connectivity index is 1.79. The van der Waals surface area contributed by atoms with E-state index in [0.29, 0.717) is 37.0 Å². The van der Waals surface area contributed by atoms with Crippen LogP contribution >= 0.6 is 27.5 Å². The van der Waals surface area contributed by atoms with Crippen LogP contribution in [0.4, 0.5) is 4.79 Å². The van der Waals surface area contributed by atoms with E-state index in [-0.39, 0.29) is 12.1 Å². The van der Waals surface area contributed by atoms with Crippen molar-refractivity contribution in [1.29, 1.82) is 0 Å². The molecule has 0 aliphatic carbocycles. The number of methoxy groups -OCH3 is 1. The first kappa shape index (κ1) is 19.6. The van der Waals surface area contributed by atoms with Crippen LogP contribution in [0.15, 0.2) is 10.5 Å². The molecule has 0 saturated carbocycles. The lowest BCUT2D eigenvalue weighted by Gasteiger charge is -2.40. The van der Waals surface area contributed by atoms with Crippen LogP contribution in [0.3, 0.4) is 0 Å². The molecule has 1 amide bonds. The second kappa shape index (κ2) is 7.44. The number of piperazine rings is 1. The highest BCUT2D eigenvalue weighted by molar-refractivity contribution is 9.10. The summed E-state index contributed by atoms with van der Waals surface area (Å²) >= 11 is 9.88. The lowest BCUT2D eigenvalue weighted by atomic mass is 10.1. The Hall–Kier alpha value is -1.18. The highest BCUT2D eigenvalue weighted by Crippen LogP contribution is 2.43. The normalized spacial score (nSPS) is 20.5. The van der Waals surface area contributed by atoms with Crippen LogP contribution in [0, 0.1) is 0 Å². The molecule has 1 fully saturated rings. The minimum absolute atomic E-state index is 0.0724. The van der Waals surface area contributed by atoms with Gasteiger partial charge in [-0.15, -0.1) is 0 Å². The molecule has 0 unspecified atom stereocenters. The molecule has 26 heavy (non-hydrogen) atoms. The van der Waals surface area contributed by atoms with Crippen molar-refractivity contribution in [2.75, 3.05) is 33.4 Å². The average Bonchev–Trinajstić information content (AvgIpc) is 2.75. The topological polar surface area (TPSA) is 51.2 Å². The molecule has 0 radical (unpaired) electrons. The maximum absolute atomic E-state index is 12.4. The van der Waals surface area contributed by atoms with Gasteiger partial charge in [-0.3, -0.25) is 4.90 Å². The van der Waals surface area contributed by atoms with Crippen molar-refractivity contribution in [1.82, 2.24) is 9.80 Å². The molecule has 2 aliphatic rings. The van der Waals surface area contributed by atoms with Crippen LogP contribution in [0.25, 0.3) is 0 Å². The number of halogens is 2. The van der Waals surface area contributed by atoms with Crippen molar-refractivity contribution in [3.8, 4) is 11.5 Å². The van der Waals surface area contributed by atoms with E-state index in [2.05, 4.69) is 20.8 Å². The van der Waals surface area contributed by atoms with Crippen LogP contribution in [0.5, 0.6) is 11.5 Å². The average molecular weight is 448 g/mol. The van der Waals surface area contributed by atoms with Gasteiger partial charge in [0, 0.05) is 30.7 Å². The number of carbonyl (C=O) groups excluding carboxylic acids is 1. The summed E-state index contributed by atoms with van der Waals surface area (Å²) in [5.74, 6) is 1.39. The van der Waals surface area contributed by atoms with Crippen LogP contribution in [0.1, 0.15) is 26.3 Å². The maximum Gasteiger partial charge on any atom is 0.410 e. The molecule has 1 aromatic carbocycles. The van der Waals surface area contributed by atoms with Crippen molar-refractivity contribution >= 4 is 33.6 Å². The minimum Gasteiger partial charge on any atom is -0.496 e. The summed E-state index contributed by atoms with van der Waals surface area (Å²) in [7, 11) is 1.64. The van der Waals surface area contributed by atoms with Crippen molar-refractivity contribution in [2.45, 2.75) is 39.0 Å². The molecule has 0 aromatic heterocycles. The van der Waals surface area contributed by atoms with Gasteiger partial charge in [-0.2, -0.15) is 0 Å². The largest absolute Gasteiger partial charge is 0.496 e. The lowest BCUT2D eigenvalue weighted by molar-refractivity contribution is -0.00160. The Morgan fingerprint density at radius 1 is 1.38 bits per heavy atom. The molecule has 2 aliphatic heterocycles. The second-order valence-corrected chi connectivity index (χ2v) is 8.78. The van der Waals surface area contributed by atoms with Gasteiger partial charge in [0.05, 0.1) is 23.7 Å². The van der Waals surface area contributed by atoms with Gasteiger partial charge in [0.15, 0.2) is 0 Å². The summed E-state index contributed by atoms with van der Waals surface area (Å²) in [5, 5.41) is 0.546. The zero-order valence-electron chi connectivity index (χ0n) is 15.5. The van der Waals surface area contributed by atoms with Gasteiger partial charge in [-0.05, 0) is 42.8 Å². The van der Waals surface area contributed by atoms with Gasteiger partial charge in [0.1, 0.15) is 23.7 Å².